The van der Waals surface area contributed by atoms with Crippen molar-refractivity contribution in [1.82, 2.24) is 0 Å². The van der Waals surface area contributed by atoms with E-state index in [1.54, 1.807) is 0 Å². The molecule has 0 aliphatic rings. The molecule has 3 aromatic carbocycles. The molecule has 3 aromatic rings. The van der Waals surface area contributed by atoms with E-state index in [-0.39, 0.29) is 61.8 Å². The van der Waals surface area contributed by atoms with E-state index in [0.29, 0.717) is 0 Å². The molecule has 0 unspecified atom stereocenters. The van der Waals surface area contributed by atoms with Crippen molar-refractivity contribution in [2.75, 3.05) is 0 Å². The predicted molar refractivity (Wildman–Crippen MR) is 94.4 cm³/mol. The van der Waals surface area contributed by atoms with Gasteiger partial charge in [0.2, 0.25) is 0 Å². The molecular formula is C21H25Cl2Zr+. The molecule has 0 radical (unpaired) electrons. The van der Waals surface area contributed by atoms with Gasteiger partial charge in [-0.3, -0.25) is 0 Å². The summed E-state index contributed by atoms with van der Waals surface area (Å²) in [6, 6.07) is 16.2. The van der Waals surface area contributed by atoms with Crippen molar-refractivity contribution >= 4 is 21.5 Å². The fraction of sp³-hybridized carbons (Fsp3) is 0.381. The van der Waals surface area contributed by atoms with Gasteiger partial charge < -0.3 is 24.8 Å². The zero-order valence-corrected chi connectivity index (χ0v) is 19.3. The van der Waals surface area contributed by atoms with Crippen molar-refractivity contribution in [3.63, 3.8) is 0 Å². The maximum atomic E-state index is 2.35. The van der Waals surface area contributed by atoms with Crippen molar-refractivity contribution < 1.29 is 51.0 Å². The normalized spacial score (nSPS) is 11.6. The van der Waals surface area contributed by atoms with Gasteiger partial charge in [0.1, 0.15) is 0 Å². The fourth-order valence-electron chi connectivity index (χ4n) is 2.96. The van der Waals surface area contributed by atoms with Crippen LogP contribution in [0.4, 0.5) is 0 Å². The van der Waals surface area contributed by atoms with Gasteiger partial charge in [0, 0.05) is 0 Å². The molecule has 0 nitrogen and oxygen atoms in total. The van der Waals surface area contributed by atoms with Crippen LogP contribution in [0.1, 0.15) is 52.7 Å². The van der Waals surface area contributed by atoms with E-state index in [1.807, 2.05) is 0 Å². The number of rotatable bonds is 0. The zero-order chi connectivity index (χ0) is 15.4. The average Bonchev–Trinajstić information content (AvgIpc) is 2.73. The molecule has 0 heterocycles. The minimum atomic E-state index is 0. The van der Waals surface area contributed by atoms with E-state index in [0.717, 1.165) is 0 Å². The van der Waals surface area contributed by atoms with Gasteiger partial charge in [0.25, 0.3) is 0 Å². The van der Waals surface area contributed by atoms with Crippen LogP contribution in [0.5, 0.6) is 0 Å². The van der Waals surface area contributed by atoms with Gasteiger partial charge in [0.05, 0.1) is 0 Å². The number of halogens is 2. The standard InChI is InChI=1S/C21H25.2ClH.Zr/c1-20(2,3)16-7-9-18-14(12-16)11-15-13-17(21(4,5)6)8-10-19(15)18;;;/h7-13H,1-6H3;2*1H;/q-1;;;+4/p-2. The van der Waals surface area contributed by atoms with Crippen molar-refractivity contribution in [3.05, 3.63) is 53.6 Å². The van der Waals surface area contributed by atoms with Gasteiger partial charge in [0.15, 0.2) is 0 Å². The Labute approximate surface area is 177 Å². The van der Waals surface area contributed by atoms with Gasteiger partial charge in [-0.15, -0.1) is 39.7 Å². The Bertz CT molecular complexity index is 749. The van der Waals surface area contributed by atoms with E-state index >= 15 is 0 Å². The fourth-order valence-corrected chi connectivity index (χ4v) is 2.96. The van der Waals surface area contributed by atoms with Crippen LogP contribution < -0.4 is 24.8 Å². The van der Waals surface area contributed by atoms with E-state index in [2.05, 4.69) is 84.0 Å². The molecule has 3 rings (SSSR count). The first-order valence-corrected chi connectivity index (χ1v) is 7.80. The first kappa shape index (κ1) is 23.8. The molecule has 0 saturated heterocycles. The molecule has 0 spiro atoms. The molecule has 0 bridgehead atoms. The van der Waals surface area contributed by atoms with Crippen LogP contribution in [0.2, 0.25) is 0 Å². The zero-order valence-electron chi connectivity index (χ0n) is 15.3. The van der Waals surface area contributed by atoms with E-state index in [9.17, 15) is 0 Å². The predicted octanol–water partition coefficient (Wildman–Crippen LogP) is 0.312. The first-order valence-electron chi connectivity index (χ1n) is 7.80. The van der Waals surface area contributed by atoms with Gasteiger partial charge in [-0.25, -0.2) is 0 Å². The van der Waals surface area contributed by atoms with E-state index < -0.39 is 0 Å². The maximum absolute atomic E-state index is 2.35. The Morgan fingerprint density at radius 2 is 0.958 bits per heavy atom. The second-order valence-electron chi connectivity index (χ2n) is 8.25. The molecule has 0 aromatic heterocycles. The molecule has 126 valence electrons. The number of fused-ring (bicyclic) bond motifs is 3. The molecule has 0 amide bonds. The van der Waals surface area contributed by atoms with E-state index in [1.165, 1.54) is 32.7 Å². The van der Waals surface area contributed by atoms with Crippen LogP contribution in [0.15, 0.2) is 42.5 Å². The summed E-state index contributed by atoms with van der Waals surface area (Å²) in [5.41, 5.74) is 3.21. The molecule has 0 aliphatic heterocycles. The smallest absolute Gasteiger partial charge is 1.00 e. The van der Waals surface area contributed by atoms with Crippen molar-refractivity contribution in [3.8, 4) is 0 Å². The Hall–Kier alpha value is -0.227. The van der Waals surface area contributed by atoms with Crippen LogP contribution in [-0.2, 0) is 37.0 Å². The van der Waals surface area contributed by atoms with Crippen molar-refractivity contribution in [1.29, 1.82) is 0 Å². The Morgan fingerprint density at radius 3 is 1.25 bits per heavy atom. The van der Waals surface area contributed by atoms with Gasteiger partial charge in [-0.1, -0.05) is 76.9 Å². The van der Waals surface area contributed by atoms with Crippen LogP contribution in [-0.4, -0.2) is 0 Å². The van der Waals surface area contributed by atoms with Gasteiger partial charge in [-0.2, -0.15) is 0 Å². The van der Waals surface area contributed by atoms with E-state index in [4.69, 9.17) is 0 Å². The summed E-state index contributed by atoms with van der Waals surface area (Å²) < 4.78 is 0. The minimum Gasteiger partial charge on any atom is -1.00 e. The average molecular weight is 440 g/mol. The maximum Gasteiger partial charge on any atom is 4.00 e. The number of hydrogen-bond acceptors (Lipinski definition) is 0. The van der Waals surface area contributed by atoms with Crippen LogP contribution in [0.3, 0.4) is 0 Å². The van der Waals surface area contributed by atoms with Crippen LogP contribution in [0, 0.1) is 0 Å². The number of benzene rings is 2. The second-order valence-corrected chi connectivity index (χ2v) is 8.25. The molecule has 3 heteroatoms. The van der Waals surface area contributed by atoms with Crippen LogP contribution >= 0.6 is 0 Å². The third-order valence-corrected chi connectivity index (χ3v) is 4.44. The molecular weight excluding hydrogens is 414 g/mol. The monoisotopic (exact) mass is 437 g/mol. The second kappa shape index (κ2) is 7.98. The minimum absolute atomic E-state index is 0. The third-order valence-electron chi connectivity index (χ3n) is 4.44. The SMILES string of the molecule is CC(C)(C)c1ccc2c(c1)[cH-]c1cc(C(C)(C)C)ccc12.[Cl-].[Cl-].[Zr+4]. The Morgan fingerprint density at radius 1 is 0.625 bits per heavy atom. The van der Waals surface area contributed by atoms with Crippen molar-refractivity contribution in [2.45, 2.75) is 52.4 Å². The summed E-state index contributed by atoms with van der Waals surface area (Å²) >= 11 is 0. The molecule has 24 heavy (non-hydrogen) atoms. The summed E-state index contributed by atoms with van der Waals surface area (Å²) in [6.07, 6.45) is 0. The topological polar surface area (TPSA) is 0 Å². The third kappa shape index (κ3) is 4.48. The molecule has 0 saturated carbocycles. The number of hydrogen-bond donors (Lipinski definition) is 0. The van der Waals surface area contributed by atoms with Crippen LogP contribution in [0.25, 0.3) is 21.5 Å². The summed E-state index contributed by atoms with van der Waals surface area (Å²) in [7, 11) is 0. The van der Waals surface area contributed by atoms with Gasteiger partial charge >= 0.3 is 26.2 Å². The van der Waals surface area contributed by atoms with Gasteiger partial charge in [-0.05, 0) is 10.8 Å². The van der Waals surface area contributed by atoms with Crippen molar-refractivity contribution in [2.24, 2.45) is 0 Å². The molecule has 0 atom stereocenters. The largest absolute Gasteiger partial charge is 4.00 e. The Balaban J connectivity index is 0.00000176. The summed E-state index contributed by atoms with van der Waals surface area (Å²) in [5, 5.41) is 5.48. The molecule has 0 aliphatic carbocycles. The first-order chi connectivity index (χ1) is 9.66. The summed E-state index contributed by atoms with van der Waals surface area (Å²) in [4.78, 5) is 0. The quantitative estimate of drug-likeness (QED) is 0.443. The molecule has 0 N–H and O–H groups in total. The molecule has 0 fully saturated rings. The Kier molecular flexibility index (Phi) is 7.91. The summed E-state index contributed by atoms with van der Waals surface area (Å²) in [6.45, 7) is 13.6. The summed E-state index contributed by atoms with van der Waals surface area (Å²) in [5.74, 6) is 0.